The van der Waals surface area contributed by atoms with Crippen LogP contribution in [0.15, 0.2) is 12.1 Å². The zero-order valence-corrected chi connectivity index (χ0v) is 11.3. The maximum absolute atomic E-state index is 11.5. The maximum atomic E-state index is 11.5. The van der Waals surface area contributed by atoms with Crippen molar-refractivity contribution in [2.45, 2.75) is 26.3 Å². The molecule has 1 atom stereocenters. The van der Waals surface area contributed by atoms with Gasteiger partial charge in [0.15, 0.2) is 7.98 Å². The predicted molar refractivity (Wildman–Crippen MR) is 72.8 cm³/mol. The van der Waals surface area contributed by atoms with Gasteiger partial charge in [-0.1, -0.05) is 0 Å². The van der Waals surface area contributed by atoms with Crippen molar-refractivity contribution in [2.24, 2.45) is 5.73 Å². The highest BCUT2D eigenvalue weighted by molar-refractivity contribution is 6.06. The summed E-state index contributed by atoms with van der Waals surface area (Å²) < 4.78 is 4.66. The molecule has 1 rings (SSSR count). The lowest BCUT2D eigenvalue weighted by Gasteiger charge is -2.18. The topological polar surface area (TPSA) is 81.4 Å². The Bertz CT molecular complexity index is 480. The summed E-state index contributed by atoms with van der Waals surface area (Å²) in [7, 11) is 6.66. The Labute approximate surface area is 113 Å². The number of aryl methyl sites for hydroxylation is 2. The highest BCUT2D eigenvalue weighted by Crippen LogP contribution is 2.18. The van der Waals surface area contributed by atoms with Crippen LogP contribution in [0.3, 0.4) is 0 Å². The predicted octanol–water partition coefficient (Wildman–Crippen LogP) is 0.160. The minimum Gasteiger partial charge on any atom is -0.468 e. The van der Waals surface area contributed by atoms with Crippen molar-refractivity contribution in [3.63, 3.8) is 0 Å². The SMILES string of the molecule is [B]N[C@@H](Cc1c(C)cc(C(N)=O)cc1C)C(=O)OC. The Balaban J connectivity index is 3.08. The second kappa shape index (κ2) is 6.38. The van der Waals surface area contributed by atoms with E-state index in [4.69, 9.17) is 13.7 Å². The molecule has 0 saturated heterocycles. The number of rotatable bonds is 5. The summed E-state index contributed by atoms with van der Waals surface area (Å²) in [5, 5.41) is 2.43. The molecule has 1 aromatic rings. The molecule has 6 heteroatoms. The molecule has 3 N–H and O–H groups in total. The number of methoxy groups -OCH3 is 1. The Kier molecular flexibility index (Phi) is 5.12. The number of ether oxygens (including phenoxy) is 1. The molecule has 100 valence electrons. The number of benzene rings is 1. The fourth-order valence-corrected chi connectivity index (χ4v) is 2.01. The van der Waals surface area contributed by atoms with Crippen LogP contribution in [0, 0.1) is 13.8 Å². The van der Waals surface area contributed by atoms with Gasteiger partial charge < -0.3 is 15.7 Å². The van der Waals surface area contributed by atoms with E-state index >= 15 is 0 Å². The van der Waals surface area contributed by atoms with Gasteiger partial charge in [-0.25, -0.2) is 0 Å². The van der Waals surface area contributed by atoms with E-state index in [1.165, 1.54) is 7.11 Å². The van der Waals surface area contributed by atoms with Gasteiger partial charge in [0.2, 0.25) is 5.91 Å². The minimum atomic E-state index is -0.623. The van der Waals surface area contributed by atoms with Crippen LogP contribution in [0.2, 0.25) is 0 Å². The Morgan fingerprint density at radius 3 is 2.26 bits per heavy atom. The summed E-state index contributed by atoms with van der Waals surface area (Å²) in [6, 6.07) is 2.78. The van der Waals surface area contributed by atoms with Crippen LogP contribution in [0.5, 0.6) is 0 Å². The van der Waals surface area contributed by atoms with Gasteiger partial charge in [-0.05, 0) is 49.1 Å². The van der Waals surface area contributed by atoms with E-state index in [0.717, 1.165) is 16.7 Å². The quantitative estimate of drug-likeness (QED) is 0.583. The molecule has 0 aliphatic heterocycles. The molecule has 0 spiro atoms. The molecule has 0 aliphatic carbocycles. The molecule has 0 bridgehead atoms. The van der Waals surface area contributed by atoms with Gasteiger partial charge >= 0.3 is 5.97 Å². The number of nitrogens with two attached hydrogens (primary N) is 1. The van der Waals surface area contributed by atoms with E-state index in [0.29, 0.717) is 12.0 Å². The van der Waals surface area contributed by atoms with Crippen LogP contribution in [0.4, 0.5) is 0 Å². The van der Waals surface area contributed by atoms with Crippen molar-refractivity contribution in [1.29, 1.82) is 0 Å². The molecule has 19 heavy (non-hydrogen) atoms. The molecule has 0 heterocycles. The third kappa shape index (κ3) is 3.57. The van der Waals surface area contributed by atoms with Crippen LogP contribution >= 0.6 is 0 Å². The second-order valence-electron chi connectivity index (χ2n) is 4.40. The van der Waals surface area contributed by atoms with E-state index in [-0.39, 0.29) is 0 Å². The summed E-state index contributed by atoms with van der Waals surface area (Å²) in [5.74, 6) is -0.903. The zero-order chi connectivity index (χ0) is 14.6. The Hall–Kier alpha value is -1.82. The van der Waals surface area contributed by atoms with Crippen LogP contribution in [-0.4, -0.2) is 33.0 Å². The zero-order valence-electron chi connectivity index (χ0n) is 11.3. The fourth-order valence-electron chi connectivity index (χ4n) is 2.01. The molecular formula is C13H17BN2O3. The molecular weight excluding hydrogens is 243 g/mol. The maximum Gasteiger partial charge on any atom is 0.322 e. The monoisotopic (exact) mass is 260 g/mol. The van der Waals surface area contributed by atoms with Crippen LogP contribution in [-0.2, 0) is 16.0 Å². The molecule has 0 fully saturated rings. The number of carbonyl (C=O) groups excluding carboxylic acids is 2. The lowest BCUT2D eigenvalue weighted by atomic mass is 9.93. The van der Waals surface area contributed by atoms with Crippen molar-refractivity contribution < 1.29 is 14.3 Å². The van der Waals surface area contributed by atoms with Gasteiger partial charge in [-0.15, -0.1) is 0 Å². The van der Waals surface area contributed by atoms with E-state index < -0.39 is 17.9 Å². The van der Waals surface area contributed by atoms with Gasteiger partial charge in [0, 0.05) is 5.56 Å². The number of esters is 1. The van der Waals surface area contributed by atoms with Crippen molar-refractivity contribution in [3.05, 3.63) is 34.4 Å². The minimum absolute atomic E-state index is 0.389. The molecule has 0 aromatic heterocycles. The van der Waals surface area contributed by atoms with Gasteiger partial charge in [-0.2, -0.15) is 0 Å². The van der Waals surface area contributed by atoms with Gasteiger partial charge in [0.05, 0.1) is 13.2 Å². The third-order valence-electron chi connectivity index (χ3n) is 3.08. The van der Waals surface area contributed by atoms with Crippen molar-refractivity contribution in [2.75, 3.05) is 7.11 Å². The van der Waals surface area contributed by atoms with Gasteiger partial charge in [0.25, 0.3) is 0 Å². The fraction of sp³-hybridized carbons (Fsp3) is 0.385. The second-order valence-corrected chi connectivity index (χ2v) is 4.40. The summed E-state index contributed by atoms with van der Waals surface area (Å²) in [6.07, 6.45) is 0.389. The van der Waals surface area contributed by atoms with Crippen LogP contribution in [0.1, 0.15) is 27.0 Å². The Morgan fingerprint density at radius 2 is 1.89 bits per heavy atom. The molecule has 5 nitrogen and oxygen atoms in total. The van der Waals surface area contributed by atoms with E-state index in [9.17, 15) is 9.59 Å². The number of nitrogens with one attached hydrogen (secondary N) is 1. The molecule has 2 radical (unpaired) electrons. The first-order valence-corrected chi connectivity index (χ1v) is 5.84. The first-order valence-electron chi connectivity index (χ1n) is 5.84. The molecule has 0 aliphatic rings. The lowest BCUT2D eigenvalue weighted by molar-refractivity contribution is -0.142. The lowest BCUT2D eigenvalue weighted by Crippen LogP contribution is -2.38. The first kappa shape index (κ1) is 15.2. The van der Waals surface area contributed by atoms with E-state index in [2.05, 4.69) is 9.96 Å². The number of hydrogen-bond acceptors (Lipinski definition) is 4. The van der Waals surface area contributed by atoms with Gasteiger partial charge in [0.1, 0.15) is 0 Å². The van der Waals surface area contributed by atoms with E-state index in [1.807, 2.05) is 13.8 Å². The molecule has 0 unspecified atom stereocenters. The average molecular weight is 260 g/mol. The normalized spacial score (nSPS) is 11.9. The van der Waals surface area contributed by atoms with Crippen molar-refractivity contribution in [1.82, 2.24) is 5.23 Å². The average Bonchev–Trinajstić information content (AvgIpc) is 2.37. The van der Waals surface area contributed by atoms with Crippen LogP contribution < -0.4 is 11.0 Å². The first-order chi connectivity index (χ1) is 8.90. The molecule has 1 amide bonds. The number of primary amides is 1. The molecule has 1 aromatic carbocycles. The van der Waals surface area contributed by atoms with E-state index in [1.54, 1.807) is 12.1 Å². The highest BCUT2D eigenvalue weighted by atomic mass is 16.5. The number of carbonyl (C=O) groups is 2. The van der Waals surface area contributed by atoms with Crippen molar-refractivity contribution in [3.8, 4) is 0 Å². The number of amides is 1. The smallest absolute Gasteiger partial charge is 0.322 e. The third-order valence-corrected chi connectivity index (χ3v) is 3.08. The van der Waals surface area contributed by atoms with Crippen LogP contribution in [0.25, 0.3) is 0 Å². The summed E-state index contributed by atoms with van der Waals surface area (Å²) in [5.41, 5.74) is 8.42. The van der Waals surface area contributed by atoms with Gasteiger partial charge in [-0.3, -0.25) is 9.59 Å². The van der Waals surface area contributed by atoms with Crippen molar-refractivity contribution >= 4 is 19.9 Å². The summed E-state index contributed by atoms with van der Waals surface area (Å²) in [6.45, 7) is 3.72. The largest absolute Gasteiger partial charge is 0.468 e. The summed E-state index contributed by atoms with van der Waals surface area (Å²) in [4.78, 5) is 22.7. The highest BCUT2D eigenvalue weighted by Gasteiger charge is 2.19. The standard InChI is InChI=1S/C13H17BN2O3/c1-7-4-9(12(15)17)5-8(2)10(7)6-11(16-14)13(18)19-3/h4-5,11,16H,6H2,1-3H3,(H2,15,17)/t11-/m0/s1. The number of hydrogen-bond donors (Lipinski definition) is 2. The molecule has 0 saturated carbocycles. The Morgan fingerprint density at radius 1 is 1.37 bits per heavy atom. The summed E-state index contributed by atoms with van der Waals surface area (Å²) >= 11 is 0.